The van der Waals surface area contributed by atoms with Crippen molar-refractivity contribution in [1.29, 1.82) is 0 Å². The van der Waals surface area contributed by atoms with E-state index in [2.05, 4.69) is 19.9 Å². The summed E-state index contributed by atoms with van der Waals surface area (Å²) in [4.78, 5) is 4.89. The molecule has 8 nitrogen and oxygen atoms in total. The molecule has 10 heteroatoms. The third-order valence-corrected chi connectivity index (χ3v) is 8.56. The van der Waals surface area contributed by atoms with E-state index in [4.69, 9.17) is 0 Å². The normalized spacial score (nSPS) is 17.5. The van der Waals surface area contributed by atoms with E-state index in [-0.39, 0.29) is 9.79 Å². The fourth-order valence-corrected chi connectivity index (χ4v) is 5.41. The van der Waals surface area contributed by atoms with Gasteiger partial charge in [0.1, 0.15) is 0 Å². The average Bonchev–Trinajstić information content (AvgIpc) is 2.89. The monoisotopic (exact) mass is 550 g/mol. The van der Waals surface area contributed by atoms with Gasteiger partial charge in [0.05, 0.1) is 21.2 Å². The topological polar surface area (TPSA) is 117 Å². The van der Waals surface area contributed by atoms with Crippen molar-refractivity contribution in [2.45, 2.75) is 49.3 Å². The van der Waals surface area contributed by atoms with Crippen molar-refractivity contribution in [3.63, 3.8) is 0 Å². The lowest BCUT2D eigenvalue weighted by Gasteiger charge is -2.10. The van der Waals surface area contributed by atoms with Crippen LogP contribution in [0.5, 0.6) is 0 Å². The molecule has 0 fully saturated rings. The molecule has 0 atom stereocenters. The Labute approximate surface area is 224 Å². The fraction of sp³-hybridized carbons (Fsp3) is 0.214. The van der Waals surface area contributed by atoms with E-state index in [1.54, 1.807) is 36.4 Å². The number of allylic oxidation sites excluding steroid dienone is 2. The molecule has 3 aromatic rings. The maximum atomic E-state index is 12.8. The summed E-state index contributed by atoms with van der Waals surface area (Å²) in [6, 6.07) is 21.1. The molecule has 0 unspecified atom stereocenters. The average molecular weight is 551 g/mol. The van der Waals surface area contributed by atoms with E-state index >= 15 is 0 Å². The Hall–Kier alpha value is -3.76. The SMILES string of the molecule is Cc1ccc(S(=O)(=O)N/N=C2/C=C\C(=N\NS(=O)(=O)c3ccc(C)cc3)CCc3ccc(cc3)CC2)cc1. The quantitative estimate of drug-likeness (QED) is 0.442. The summed E-state index contributed by atoms with van der Waals surface area (Å²) in [5.74, 6) is 0. The zero-order valence-electron chi connectivity index (χ0n) is 21.3. The van der Waals surface area contributed by atoms with Crippen LogP contribution in [0, 0.1) is 13.8 Å². The van der Waals surface area contributed by atoms with Crippen LogP contribution in [-0.2, 0) is 32.9 Å². The Morgan fingerprint density at radius 2 is 0.868 bits per heavy atom. The van der Waals surface area contributed by atoms with Gasteiger partial charge in [-0.1, -0.05) is 59.7 Å². The molecular weight excluding hydrogens is 520 g/mol. The van der Waals surface area contributed by atoms with Crippen LogP contribution in [0.1, 0.15) is 35.1 Å². The minimum absolute atomic E-state index is 0.118. The summed E-state index contributed by atoms with van der Waals surface area (Å²) in [5, 5.41) is 8.39. The molecule has 198 valence electrons. The van der Waals surface area contributed by atoms with Crippen molar-refractivity contribution in [2.75, 3.05) is 0 Å². The first-order valence-corrected chi connectivity index (χ1v) is 15.1. The summed E-state index contributed by atoms with van der Waals surface area (Å²) in [6.45, 7) is 3.76. The lowest BCUT2D eigenvalue weighted by Crippen LogP contribution is -2.21. The third-order valence-electron chi connectivity index (χ3n) is 6.11. The second-order valence-electron chi connectivity index (χ2n) is 9.17. The molecule has 0 spiro atoms. The second-order valence-corrected chi connectivity index (χ2v) is 12.5. The van der Waals surface area contributed by atoms with Crippen molar-refractivity contribution >= 4 is 31.5 Å². The number of hydrogen-bond donors (Lipinski definition) is 2. The van der Waals surface area contributed by atoms with Crippen LogP contribution in [0.25, 0.3) is 0 Å². The molecular formula is C28H30N4O4S2. The lowest BCUT2D eigenvalue weighted by molar-refractivity contribution is 0.582. The minimum Gasteiger partial charge on any atom is -0.200 e. The Kier molecular flexibility index (Phi) is 8.43. The summed E-state index contributed by atoms with van der Waals surface area (Å²) < 4.78 is 51.0. The van der Waals surface area contributed by atoms with Crippen molar-refractivity contribution in [3.8, 4) is 0 Å². The first-order chi connectivity index (χ1) is 18.1. The largest absolute Gasteiger partial charge is 0.276 e. The zero-order valence-corrected chi connectivity index (χ0v) is 22.9. The number of aryl methyl sites for hydroxylation is 4. The number of nitrogens with one attached hydrogen (secondary N) is 2. The summed E-state index contributed by atoms with van der Waals surface area (Å²) >= 11 is 0. The molecule has 38 heavy (non-hydrogen) atoms. The molecule has 2 bridgehead atoms. The molecule has 5 rings (SSSR count). The Bertz CT molecular complexity index is 1450. The standard InChI is InChI=1S/C28H30N4O4S2/c1-21-3-17-27(18-4-21)37(33,34)31-29-25-13-11-23-7-9-24(10-8-23)12-14-26(16-15-25)30-32-38(35,36)28-19-5-22(2)6-20-28/h3-10,15-20,31-32H,11-14H2,1-2H3/b16-15-,29-25+,30-26+. The Balaban J connectivity index is 1.61. The highest BCUT2D eigenvalue weighted by molar-refractivity contribution is 7.89. The van der Waals surface area contributed by atoms with Gasteiger partial charge in [0.2, 0.25) is 0 Å². The van der Waals surface area contributed by atoms with Gasteiger partial charge in [-0.2, -0.15) is 36.7 Å². The van der Waals surface area contributed by atoms with Gasteiger partial charge in [-0.15, -0.1) is 0 Å². The van der Waals surface area contributed by atoms with Crippen LogP contribution in [0.15, 0.2) is 105 Å². The highest BCUT2D eigenvalue weighted by atomic mass is 32.2. The van der Waals surface area contributed by atoms with Gasteiger partial charge in [0, 0.05) is 0 Å². The smallest absolute Gasteiger partial charge is 0.200 e. The molecule has 0 aromatic heterocycles. The summed E-state index contributed by atoms with van der Waals surface area (Å²) in [5.41, 5.74) is 5.09. The predicted octanol–water partition coefficient (Wildman–Crippen LogP) is 4.41. The zero-order chi connectivity index (χ0) is 27.2. The predicted molar refractivity (Wildman–Crippen MR) is 150 cm³/mol. The molecule has 0 amide bonds. The van der Waals surface area contributed by atoms with Gasteiger partial charge >= 0.3 is 0 Å². The first kappa shape index (κ1) is 27.3. The Morgan fingerprint density at radius 1 is 0.526 bits per heavy atom. The number of rotatable bonds is 6. The minimum atomic E-state index is -3.85. The summed E-state index contributed by atoms with van der Waals surface area (Å²) in [6.07, 6.45) is 5.59. The summed E-state index contributed by atoms with van der Waals surface area (Å²) in [7, 11) is -7.69. The van der Waals surface area contributed by atoms with Gasteiger partial charge < -0.3 is 0 Å². The van der Waals surface area contributed by atoms with Gasteiger partial charge in [-0.3, -0.25) is 0 Å². The van der Waals surface area contributed by atoms with E-state index in [1.807, 2.05) is 38.1 Å². The number of nitrogens with zero attached hydrogens (tertiary/aromatic N) is 2. The number of hydrazone groups is 2. The molecule has 0 heterocycles. The molecule has 0 saturated heterocycles. The van der Waals surface area contributed by atoms with Crippen molar-refractivity contribution in [3.05, 3.63) is 107 Å². The molecule has 0 saturated carbocycles. The number of benzene rings is 3. The van der Waals surface area contributed by atoms with Crippen LogP contribution in [0.2, 0.25) is 0 Å². The number of hydrogen-bond acceptors (Lipinski definition) is 6. The van der Waals surface area contributed by atoms with Crippen LogP contribution in [0.4, 0.5) is 0 Å². The maximum absolute atomic E-state index is 12.8. The highest BCUT2D eigenvalue weighted by Gasteiger charge is 2.14. The molecule has 2 N–H and O–H groups in total. The van der Waals surface area contributed by atoms with E-state index in [1.165, 1.54) is 24.3 Å². The Morgan fingerprint density at radius 3 is 1.21 bits per heavy atom. The van der Waals surface area contributed by atoms with E-state index < -0.39 is 20.0 Å². The maximum Gasteiger partial charge on any atom is 0.276 e. The van der Waals surface area contributed by atoms with Crippen molar-refractivity contribution < 1.29 is 16.8 Å². The van der Waals surface area contributed by atoms with Crippen molar-refractivity contribution in [1.82, 2.24) is 9.66 Å². The third kappa shape index (κ3) is 7.39. The van der Waals surface area contributed by atoms with Gasteiger partial charge in [-0.25, -0.2) is 0 Å². The molecule has 0 radical (unpaired) electrons. The van der Waals surface area contributed by atoms with E-state index in [0.29, 0.717) is 37.1 Å². The van der Waals surface area contributed by atoms with Crippen LogP contribution >= 0.6 is 0 Å². The van der Waals surface area contributed by atoms with Gasteiger partial charge in [-0.05, 0) is 87.1 Å². The van der Waals surface area contributed by atoms with Crippen LogP contribution in [-0.4, -0.2) is 28.3 Å². The van der Waals surface area contributed by atoms with Gasteiger partial charge in [0.15, 0.2) is 0 Å². The lowest BCUT2D eigenvalue weighted by atomic mass is 10.00. The molecule has 3 aromatic carbocycles. The van der Waals surface area contributed by atoms with E-state index in [0.717, 1.165) is 22.3 Å². The molecule has 0 aliphatic heterocycles. The number of sulfonamides is 2. The molecule has 2 aliphatic carbocycles. The van der Waals surface area contributed by atoms with Crippen LogP contribution in [0.3, 0.4) is 0 Å². The van der Waals surface area contributed by atoms with Crippen molar-refractivity contribution in [2.24, 2.45) is 10.2 Å². The second kappa shape index (κ2) is 11.7. The van der Waals surface area contributed by atoms with Gasteiger partial charge in [0.25, 0.3) is 20.0 Å². The highest BCUT2D eigenvalue weighted by Crippen LogP contribution is 2.14. The number of fused-ring (bicyclic) bond motifs is 8. The first-order valence-electron chi connectivity index (χ1n) is 12.2. The van der Waals surface area contributed by atoms with Crippen LogP contribution < -0.4 is 9.66 Å². The van der Waals surface area contributed by atoms with E-state index in [9.17, 15) is 16.8 Å². The fourth-order valence-electron chi connectivity index (χ4n) is 3.74. The molecule has 2 aliphatic rings.